The van der Waals surface area contributed by atoms with Crippen molar-refractivity contribution in [2.24, 2.45) is 5.84 Å². The van der Waals surface area contributed by atoms with Crippen LogP contribution in [0.3, 0.4) is 0 Å². The zero-order chi connectivity index (χ0) is 13.1. The molecule has 1 aliphatic heterocycles. The van der Waals surface area contributed by atoms with Crippen LogP contribution < -0.4 is 11.3 Å². The third kappa shape index (κ3) is 2.45. The number of nitrogens with zero attached hydrogens (tertiary/aromatic N) is 1. The lowest BCUT2D eigenvalue weighted by atomic mass is 9.85. The van der Waals surface area contributed by atoms with Crippen LogP contribution in [-0.4, -0.2) is 36.7 Å². The normalized spacial score (nSPS) is 25.5. The molecule has 0 spiro atoms. The van der Waals surface area contributed by atoms with E-state index in [9.17, 15) is 0 Å². The molecule has 1 aromatic heterocycles. The first-order chi connectivity index (χ1) is 9.37. The molecule has 1 unspecified atom stereocenters. The molecule has 2 heterocycles. The highest BCUT2D eigenvalue weighted by Gasteiger charge is 2.46. The van der Waals surface area contributed by atoms with Crippen molar-refractivity contribution in [3.63, 3.8) is 0 Å². The second kappa shape index (κ2) is 5.89. The zero-order valence-corrected chi connectivity index (χ0v) is 12.1. The fourth-order valence-electron chi connectivity index (χ4n) is 3.74. The van der Waals surface area contributed by atoms with Crippen molar-refractivity contribution in [3.05, 3.63) is 22.4 Å². The predicted octanol–water partition coefficient (Wildman–Crippen LogP) is 1.90. The molecule has 1 aliphatic carbocycles. The first-order valence-electron chi connectivity index (χ1n) is 7.19. The van der Waals surface area contributed by atoms with Crippen molar-refractivity contribution < 1.29 is 4.74 Å². The minimum atomic E-state index is 0.184. The fourth-order valence-corrected chi connectivity index (χ4v) is 4.64. The number of thiophene rings is 1. The van der Waals surface area contributed by atoms with Gasteiger partial charge in [0.2, 0.25) is 0 Å². The summed E-state index contributed by atoms with van der Waals surface area (Å²) >= 11 is 1.80. The van der Waals surface area contributed by atoms with Crippen molar-refractivity contribution in [3.8, 4) is 0 Å². The molecule has 19 heavy (non-hydrogen) atoms. The van der Waals surface area contributed by atoms with Crippen LogP contribution in [0.25, 0.3) is 0 Å². The molecule has 1 saturated heterocycles. The van der Waals surface area contributed by atoms with Gasteiger partial charge in [-0.15, -0.1) is 11.3 Å². The highest BCUT2D eigenvalue weighted by atomic mass is 32.1. The highest BCUT2D eigenvalue weighted by molar-refractivity contribution is 7.10. The molecule has 0 radical (unpaired) electrons. The molecular formula is C14H23N3OS. The molecule has 3 N–H and O–H groups in total. The number of ether oxygens (including phenoxy) is 1. The van der Waals surface area contributed by atoms with Crippen LogP contribution >= 0.6 is 11.3 Å². The van der Waals surface area contributed by atoms with E-state index in [4.69, 9.17) is 10.6 Å². The third-order valence-corrected chi connectivity index (χ3v) is 5.58. The Hall–Kier alpha value is -0.460. The van der Waals surface area contributed by atoms with Gasteiger partial charge in [0, 0.05) is 23.5 Å². The van der Waals surface area contributed by atoms with Crippen molar-refractivity contribution in [1.82, 2.24) is 10.3 Å². The number of rotatable bonds is 4. The molecule has 0 aromatic carbocycles. The summed E-state index contributed by atoms with van der Waals surface area (Å²) in [5, 5.41) is 2.14. The molecule has 0 amide bonds. The van der Waals surface area contributed by atoms with Gasteiger partial charge in [0.05, 0.1) is 19.3 Å². The Morgan fingerprint density at radius 3 is 2.63 bits per heavy atom. The van der Waals surface area contributed by atoms with E-state index in [1.807, 2.05) is 0 Å². The van der Waals surface area contributed by atoms with Crippen molar-refractivity contribution >= 4 is 11.3 Å². The summed E-state index contributed by atoms with van der Waals surface area (Å²) in [4.78, 5) is 3.98. The summed E-state index contributed by atoms with van der Waals surface area (Å²) < 4.78 is 5.52. The Labute approximate surface area is 118 Å². The minimum Gasteiger partial charge on any atom is -0.379 e. The first-order valence-corrected chi connectivity index (χ1v) is 8.07. The maximum Gasteiger partial charge on any atom is 0.0736 e. The maximum absolute atomic E-state index is 5.93. The van der Waals surface area contributed by atoms with E-state index in [0.717, 1.165) is 26.3 Å². The largest absolute Gasteiger partial charge is 0.379 e. The molecule has 1 saturated carbocycles. The third-order valence-electron chi connectivity index (χ3n) is 4.64. The average molecular weight is 281 g/mol. The van der Waals surface area contributed by atoms with Crippen LogP contribution in [0.15, 0.2) is 17.5 Å². The number of hydrazine groups is 1. The molecule has 0 bridgehead atoms. The van der Waals surface area contributed by atoms with Crippen molar-refractivity contribution in [1.29, 1.82) is 0 Å². The van der Waals surface area contributed by atoms with E-state index in [1.165, 1.54) is 30.6 Å². The molecule has 2 aliphatic rings. The second-order valence-electron chi connectivity index (χ2n) is 5.53. The highest BCUT2D eigenvalue weighted by Crippen LogP contribution is 2.45. The Morgan fingerprint density at radius 1 is 1.32 bits per heavy atom. The van der Waals surface area contributed by atoms with E-state index >= 15 is 0 Å². The van der Waals surface area contributed by atoms with Gasteiger partial charge < -0.3 is 4.74 Å². The standard InChI is InChI=1S/C14H23N3OS/c15-16-13(12-4-3-11-19-12)14(5-1-2-6-14)17-7-9-18-10-8-17/h3-4,11,13,16H,1-2,5-10,15H2. The van der Waals surface area contributed by atoms with Crippen LogP contribution in [0.4, 0.5) is 0 Å². The number of hydrogen-bond donors (Lipinski definition) is 2. The lowest BCUT2D eigenvalue weighted by Crippen LogP contribution is -2.59. The smallest absolute Gasteiger partial charge is 0.0736 e. The van der Waals surface area contributed by atoms with Crippen LogP contribution in [-0.2, 0) is 4.74 Å². The Kier molecular flexibility index (Phi) is 4.19. The number of morpholine rings is 1. The summed E-state index contributed by atoms with van der Waals surface area (Å²) in [7, 11) is 0. The van der Waals surface area contributed by atoms with Crippen LogP contribution in [0.2, 0.25) is 0 Å². The quantitative estimate of drug-likeness (QED) is 0.654. The van der Waals surface area contributed by atoms with Crippen molar-refractivity contribution in [2.45, 2.75) is 37.3 Å². The average Bonchev–Trinajstić information content (AvgIpc) is 3.13. The van der Waals surface area contributed by atoms with Gasteiger partial charge in [-0.2, -0.15) is 0 Å². The molecule has 4 nitrogen and oxygen atoms in total. The van der Waals surface area contributed by atoms with Crippen LogP contribution in [0.1, 0.15) is 36.6 Å². The lowest BCUT2D eigenvalue weighted by Gasteiger charge is -2.47. The van der Waals surface area contributed by atoms with Crippen LogP contribution in [0, 0.1) is 0 Å². The van der Waals surface area contributed by atoms with Gasteiger partial charge in [-0.1, -0.05) is 18.9 Å². The molecular weight excluding hydrogens is 258 g/mol. The van der Waals surface area contributed by atoms with Gasteiger partial charge in [-0.3, -0.25) is 16.2 Å². The van der Waals surface area contributed by atoms with Gasteiger partial charge in [0.1, 0.15) is 0 Å². The minimum absolute atomic E-state index is 0.184. The summed E-state index contributed by atoms with van der Waals surface area (Å²) in [5.41, 5.74) is 3.30. The SMILES string of the molecule is NNC(c1cccs1)C1(N2CCOCC2)CCCC1. The molecule has 1 aromatic rings. The topological polar surface area (TPSA) is 50.5 Å². The Balaban J connectivity index is 1.89. The van der Waals surface area contributed by atoms with E-state index in [-0.39, 0.29) is 11.6 Å². The van der Waals surface area contributed by atoms with Crippen LogP contribution in [0.5, 0.6) is 0 Å². The maximum atomic E-state index is 5.93. The predicted molar refractivity (Wildman–Crippen MR) is 78.0 cm³/mol. The number of nitrogens with two attached hydrogens (primary N) is 1. The Bertz CT molecular complexity index is 383. The van der Waals surface area contributed by atoms with Gasteiger partial charge in [-0.05, 0) is 24.3 Å². The summed E-state index contributed by atoms with van der Waals surface area (Å²) in [6.07, 6.45) is 5.08. The number of hydrogen-bond acceptors (Lipinski definition) is 5. The summed E-state index contributed by atoms with van der Waals surface area (Å²) in [6.45, 7) is 3.76. The van der Waals surface area contributed by atoms with E-state index < -0.39 is 0 Å². The second-order valence-corrected chi connectivity index (χ2v) is 6.50. The first kappa shape index (κ1) is 13.5. The van der Waals surface area contributed by atoms with E-state index in [1.54, 1.807) is 11.3 Å². The molecule has 5 heteroatoms. The van der Waals surface area contributed by atoms with E-state index in [0.29, 0.717) is 0 Å². The van der Waals surface area contributed by atoms with Crippen molar-refractivity contribution in [2.75, 3.05) is 26.3 Å². The lowest BCUT2D eigenvalue weighted by molar-refractivity contribution is -0.0359. The molecule has 1 atom stereocenters. The monoisotopic (exact) mass is 281 g/mol. The molecule has 2 fully saturated rings. The number of nitrogens with one attached hydrogen (secondary N) is 1. The van der Waals surface area contributed by atoms with Gasteiger partial charge in [0.15, 0.2) is 0 Å². The molecule has 3 rings (SSSR count). The van der Waals surface area contributed by atoms with Gasteiger partial charge in [-0.25, -0.2) is 0 Å². The zero-order valence-electron chi connectivity index (χ0n) is 11.3. The van der Waals surface area contributed by atoms with E-state index in [2.05, 4.69) is 27.8 Å². The summed E-state index contributed by atoms with van der Waals surface area (Å²) in [6, 6.07) is 4.57. The van der Waals surface area contributed by atoms with Gasteiger partial charge in [0.25, 0.3) is 0 Å². The summed E-state index contributed by atoms with van der Waals surface area (Å²) in [5.74, 6) is 5.93. The Morgan fingerprint density at radius 2 is 2.05 bits per heavy atom. The van der Waals surface area contributed by atoms with Gasteiger partial charge >= 0.3 is 0 Å². The molecule has 106 valence electrons. The fraction of sp³-hybridized carbons (Fsp3) is 0.714.